The van der Waals surface area contributed by atoms with Crippen LogP contribution in [0, 0.1) is 5.82 Å². The van der Waals surface area contributed by atoms with Crippen LogP contribution in [-0.2, 0) is 15.8 Å². The van der Waals surface area contributed by atoms with E-state index in [-0.39, 0.29) is 51.8 Å². The van der Waals surface area contributed by atoms with Crippen LogP contribution in [0.5, 0.6) is 5.75 Å². The van der Waals surface area contributed by atoms with E-state index in [1.54, 1.807) is 12.1 Å². The summed E-state index contributed by atoms with van der Waals surface area (Å²) in [4.78, 5) is 53.3. The molecule has 0 spiro atoms. The molecule has 0 saturated carbocycles. The van der Waals surface area contributed by atoms with Crippen LogP contribution in [0.4, 0.5) is 23.2 Å². The zero-order valence-corrected chi connectivity index (χ0v) is 24.9. The molecule has 5 aromatic rings. The average Bonchev–Trinajstić information content (AvgIpc) is 3.72. The number of halogens is 4. The highest BCUT2D eigenvalue weighted by molar-refractivity contribution is 6.09. The Bertz CT molecular complexity index is 2070. The summed E-state index contributed by atoms with van der Waals surface area (Å²) in [5, 5.41) is 16.4. The molecule has 246 valence electrons. The van der Waals surface area contributed by atoms with Gasteiger partial charge in [-0.1, -0.05) is 6.07 Å². The number of aromatic nitrogens is 4. The lowest BCUT2D eigenvalue weighted by Crippen LogP contribution is -2.51. The number of H-pyrrole nitrogens is 1. The van der Waals surface area contributed by atoms with Gasteiger partial charge in [-0.25, -0.2) is 14.4 Å². The van der Waals surface area contributed by atoms with Crippen LogP contribution in [0.15, 0.2) is 73.2 Å². The standard InChI is InChI=1S/C32H25F4N7O5/c1-30(29(37)46)15-48-25-20(30)13-22(43-24(25)16-4-6-19(33)7-5-16)31(47,32(34,35)36)14-41-27(44)18-11-17-3-2-8-38-23(17)21(12-18)42-28(45)26-39-9-10-40-26/h2-13,47H,14-15H2,1H3,(H2,37,46)(H,39,40)(H,41,44)(H,42,45)/t30-,31-/m0/s1. The lowest BCUT2D eigenvalue weighted by molar-refractivity contribution is -0.265. The third kappa shape index (κ3) is 5.55. The third-order valence-corrected chi connectivity index (χ3v) is 8.06. The molecular formula is C32H25F4N7O5. The Kier molecular flexibility index (Phi) is 7.83. The van der Waals surface area contributed by atoms with E-state index in [0.717, 1.165) is 18.2 Å². The number of benzene rings is 2. The van der Waals surface area contributed by atoms with Crippen molar-refractivity contribution in [3.05, 3.63) is 102 Å². The maximum Gasteiger partial charge on any atom is 0.424 e. The van der Waals surface area contributed by atoms with Gasteiger partial charge in [0.15, 0.2) is 5.82 Å². The molecule has 3 amide bonds. The maximum absolute atomic E-state index is 14.8. The molecule has 6 N–H and O–H groups in total. The second kappa shape index (κ2) is 11.7. The number of ether oxygens (including phenoxy) is 1. The summed E-state index contributed by atoms with van der Waals surface area (Å²) in [5.41, 5.74) is -0.737. The number of nitrogens with zero attached hydrogens (tertiary/aromatic N) is 3. The number of primary amides is 1. The van der Waals surface area contributed by atoms with Crippen LogP contribution < -0.4 is 21.1 Å². The summed E-state index contributed by atoms with van der Waals surface area (Å²) >= 11 is 0. The highest BCUT2D eigenvalue weighted by Gasteiger charge is 2.57. The van der Waals surface area contributed by atoms with E-state index < -0.39 is 53.0 Å². The molecule has 2 atom stereocenters. The third-order valence-electron chi connectivity index (χ3n) is 8.06. The molecule has 0 aliphatic carbocycles. The van der Waals surface area contributed by atoms with Crippen LogP contribution in [0.25, 0.3) is 22.2 Å². The van der Waals surface area contributed by atoms with Gasteiger partial charge in [0.1, 0.15) is 29.3 Å². The number of hydrogen-bond acceptors (Lipinski definition) is 8. The van der Waals surface area contributed by atoms with Gasteiger partial charge in [-0.15, -0.1) is 0 Å². The van der Waals surface area contributed by atoms with Crippen LogP contribution in [0.3, 0.4) is 0 Å². The molecule has 4 heterocycles. The lowest BCUT2D eigenvalue weighted by Gasteiger charge is -2.31. The number of pyridine rings is 2. The van der Waals surface area contributed by atoms with Crippen LogP contribution in [0.1, 0.15) is 39.2 Å². The number of anilines is 1. The number of fused-ring (bicyclic) bond motifs is 2. The number of amides is 3. The summed E-state index contributed by atoms with van der Waals surface area (Å²) in [6, 6.07) is 11.2. The number of nitrogens with two attached hydrogens (primary N) is 1. The topological polar surface area (TPSA) is 185 Å². The number of rotatable bonds is 8. The van der Waals surface area contributed by atoms with E-state index in [4.69, 9.17) is 10.5 Å². The fraction of sp³-hybridized carbons (Fsp3) is 0.188. The number of nitrogens with one attached hydrogen (secondary N) is 3. The summed E-state index contributed by atoms with van der Waals surface area (Å²) in [6.07, 6.45) is -1.18. The molecule has 1 aliphatic heterocycles. The Morgan fingerprint density at radius 3 is 2.48 bits per heavy atom. The molecule has 0 radical (unpaired) electrons. The number of carbonyl (C=O) groups excluding carboxylic acids is 3. The molecule has 1 aliphatic rings. The van der Waals surface area contributed by atoms with Crippen molar-refractivity contribution < 1.29 is 41.8 Å². The van der Waals surface area contributed by atoms with Crippen molar-refractivity contribution in [3.8, 4) is 17.0 Å². The second-order valence-electron chi connectivity index (χ2n) is 11.3. The first kappa shape index (κ1) is 32.1. The molecule has 0 fully saturated rings. The number of carbonyl (C=O) groups is 3. The minimum atomic E-state index is -5.42. The fourth-order valence-electron chi connectivity index (χ4n) is 5.24. The van der Waals surface area contributed by atoms with Crippen molar-refractivity contribution in [1.29, 1.82) is 0 Å². The van der Waals surface area contributed by atoms with E-state index in [2.05, 4.69) is 30.6 Å². The molecule has 0 bridgehead atoms. The predicted octanol–water partition coefficient (Wildman–Crippen LogP) is 3.73. The van der Waals surface area contributed by atoms with Crippen LogP contribution in [0.2, 0.25) is 0 Å². The minimum Gasteiger partial charge on any atom is -0.489 e. The minimum absolute atomic E-state index is 0.0381. The van der Waals surface area contributed by atoms with Crippen LogP contribution >= 0.6 is 0 Å². The Morgan fingerprint density at radius 1 is 1.06 bits per heavy atom. The van der Waals surface area contributed by atoms with Gasteiger partial charge >= 0.3 is 6.18 Å². The normalized spacial score (nSPS) is 16.9. The Hall–Kier alpha value is -5.90. The van der Waals surface area contributed by atoms with Crippen molar-refractivity contribution in [2.24, 2.45) is 5.73 Å². The summed E-state index contributed by atoms with van der Waals surface area (Å²) in [5.74, 6) is -3.34. The van der Waals surface area contributed by atoms with Gasteiger partial charge in [0.2, 0.25) is 11.5 Å². The molecule has 0 unspecified atom stereocenters. The van der Waals surface area contributed by atoms with Gasteiger partial charge in [0, 0.05) is 40.7 Å². The lowest BCUT2D eigenvalue weighted by atomic mass is 9.81. The fourth-order valence-corrected chi connectivity index (χ4v) is 5.24. The van der Waals surface area contributed by atoms with Crippen molar-refractivity contribution >= 4 is 34.3 Å². The molecule has 2 aromatic carbocycles. The predicted molar refractivity (Wildman–Crippen MR) is 162 cm³/mol. The number of aromatic amines is 1. The van der Waals surface area contributed by atoms with E-state index in [1.807, 2.05) is 0 Å². The Balaban J connectivity index is 1.38. The highest BCUT2D eigenvalue weighted by atomic mass is 19.4. The SMILES string of the molecule is C[C@]1(C(N)=O)COc2c1cc([C@@](O)(CNC(=O)c1cc(NC(=O)c3ncc[nH]3)c3ncccc3c1)C(F)(F)F)nc2-c1ccc(F)cc1. The Labute approximate surface area is 268 Å². The molecule has 12 nitrogen and oxygen atoms in total. The van der Waals surface area contributed by atoms with Gasteiger partial charge in [0.25, 0.3) is 11.8 Å². The number of alkyl halides is 3. The van der Waals surface area contributed by atoms with E-state index >= 15 is 0 Å². The summed E-state index contributed by atoms with van der Waals surface area (Å²) in [6.45, 7) is -0.379. The highest BCUT2D eigenvalue weighted by Crippen LogP contribution is 2.47. The van der Waals surface area contributed by atoms with Crippen molar-refractivity contribution in [3.63, 3.8) is 0 Å². The van der Waals surface area contributed by atoms with Crippen molar-refractivity contribution in [2.45, 2.75) is 24.1 Å². The number of hydrogen-bond donors (Lipinski definition) is 5. The molecular weight excluding hydrogens is 638 g/mol. The van der Waals surface area contributed by atoms with E-state index in [1.165, 1.54) is 49.8 Å². The number of imidazole rings is 1. The van der Waals surface area contributed by atoms with Gasteiger partial charge < -0.3 is 31.2 Å². The summed E-state index contributed by atoms with van der Waals surface area (Å²) in [7, 11) is 0. The van der Waals surface area contributed by atoms with E-state index in [9.17, 15) is 37.1 Å². The van der Waals surface area contributed by atoms with Crippen molar-refractivity contribution in [2.75, 3.05) is 18.5 Å². The maximum atomic E-state index is 14.8. The van der Waals surface area contributed by atoms with Gasteiger partial charge in [-0.05, 0) is 55.5 Å². The monoisotopic (exact) mass is 663 g/mol. The first-order valence-corrected chi connectivity index (χ1v) is 14.2. The summed E-state index contributed by atoms with van der Waals surface area (Å²) < 4.78 is 63.8. The quantitative estimate of drug-likeness (QED) is 0.156. The molecule has 0 saturated heterocycles. The van der Waals surface area contributed by atoms with E-state index in [0.29, 0.717) is 5.39 Å². The average molecular weight is 664 g/mol. The first-order chi connectivity index (χ1) is 22.7. The van der Waals surface area contributed by atoms with Crippen molar-refractivity contribution in [1.82, 2.24) is 25.3 Å². The smallest absolute Gasteiger partial charge is 0.424 e. The molecule has 16 heteroatoms. The van der Waals surface area contributed by atoms with Gasteiger partial charge in [0.05, 0.1) is 23.4 Å². The molecule has 3 aromatic heterocycles. The second-order valence-corrected chi connectivity index (χ2v) is 11.3. The van der Waals surface area contributed by atoms with Gasteiger partial charge in [-0.2, -0.15) is 13.2 Å². The van der Waals surface area contributed by atoms with Crippen LogP contribution in [-0.4, -0.2) is 62.1 Å². The zero-order chi connectivity index (χ0) is 34.4. The first-order valence-electron chi connectivity index (χ1n) is 14.2. The molecule has 48 heavy (non-hydrogen) atoms. The zero-order valence-electron chi connectivity index (χ0n) is 24.9. The molecule has 6 rings (SSSR count). The van der Waals surface area contributed by atoms with Gasteiger partial charge in [-0.3, -0.25) is 19.4 Å². The Morgan fingerprint density at radius 2 is 1.81 bits per heavy atom. The largest absolute Gasteiger partial charge is 0.489 e. The number of aliphatic hydroxyl groups is 1.